The molecule has 0 heterocycles. The first-order valence-corrected chi connectivity index (χ1v) is 5.92. The number of amides is 1. The summed E-state index contributed by atoms with van der Waals surface area (Å²) in [6, 6.07) is 7.84. The summed E-state index contributed by atoms with van der Waals surface area (Å²) in [5.41, 5.74) is 1.16. The first-order chi connectivity index (χ1) is 7.72. The summed E-state index contributed by atoms with van der Waals surface area (Å²) in [5, 5.41) is 2.76. The van der Waals surface area contributed by atoms with Crippen molar-refractivity contribution in [2.24, 2.45) is 0 Å². The minimum absolute atomic E-state index is 0.0165. The van der Waals surface area contributed by atoms with Crippen molar-refractivity contribution in [3.63, 3.8) is 0 Å². The van der Waals surface area contributed by atoms with Crippen LogP contribution in [0.1, 0.15) is 12.0 Å². The highest BCUT2D eigenvalue weighted by Gasteiger charge is 1.98. The number of rotatable bonds is 6. The largest absolute Gasteiger partial charge is 0.492 e. The van der Waals surface area contributed by atoms with E-state index in [1.807, 2.05) is 31.2 Å². The molecule has 0 fully saturated rings. The average Bonchev–Trinajstić information content (AvgIpc) is 2.25. The Morgan fingerprint density at radius 1 is 1.50 bits per heavy atom. The summed E-state index contributed by atoms with van der Waals surface area (Å²) in [4.78, 5) is 11.1. The molecule has 1 aromatic carbocycles. The van der Waals surface area contributed by atoms with Gasteiger partial charge in [0.25, 0.3) is 0 Å². The Hall–Kier alpha value is -1.16. The minimum atomic E-state index is 0.0165. The van der Waals surface area contributed by atoms with Crippen molar-refractivity contribution in [1.29, 1.82) is 0 Å². The molecule has 0 aliphatic heterocycles. The maximum Gasteiger partial charge on any atom is 0.220 e. The fourth-order valence-corrected chi connectivity index (χ4v) is 1.46. The van der Waals surface area contributed by atoms with Gasteiger partial charge < -0.3 is 10.1 Å². The Morgan fingerprint density at radius 2 is 2.31 bits per heavy atom. The number of carbonyl (C=O) groups is 1. The second kappa shape index (κ2) is 7.17. The predicted molar refractivity (Wildman–Crippen MR) is 68.2 cm³/mol. The molecule has 1 N–H and O–H groups in total. The van der Waals surface area contributed by atoms with E-state index < -0.39 is 0 Å². The van der Waals surface area contributed by atoms with Crippen LogP contribution in [0.15, 0.2) is 24.3 Å². The molecule has 88 valence electrons. The third kappa shape index (κ3) is 5.07. The van der Waals surface area contributed by atoms with Crippen LogP contribution in [0.5, 0.6) is 5.75 Å². The minimum Gasteiger partial charge on any atom is -0.492 e. The molecule has 0 bridgehead atoms. The molecule has 0 unspecified atom stereocenters. The molecule has 0 saturated carbocycles. The molecule has 0 aliphatic rings. The van der Waals surface area contributed by atoms with Gasteiger partial charge in [-0.1, -0.05) is 12.1 Å². The molecule has 0 spiro atoms. The van der Waals surface area contributed by atoms with Crippen molar-refractivity contribution in [3.05, 3.63) is 29.8 Å². The summed E-state index contributed by atoms with van der Waals surface area (Å²) in [6.07, 6.45) is 0.452. The van der Waals surface area contributed by atoms with Crippen LogP contribution in [0.4, 0.5) is 0 Å². The lowest BCUT2D eigenvalue weighted by atomic mass is 10.2. The molecule has 1 rings (SSSR count). The Kier molecular flexibility index (Phi) is 5.78. The van der Waals surface area contributed by atoms with Crippen LogP contribution in [0, 0.1) is 6.92 Å². The Bertz CT molecular complexity index is 342. The van der Waals surface area contributed by atoms with Gasteiger partial charge in [0.05, 0.1) is 6.54 Å². The molecule has 1 aromatic rings. The quantitative estimate of drug-likeness (QED) is 0.587. The fraction of sp³-hybridized carbons (Fsp3) is 0.417. The number of aryl methyl sites for hydroxylation is 1. The molecular weight excluding hydrogens is 222 g/mol. The highest BCUT2D eigenvalue weighted by atomic mass is 32.1. The normalized spacial score (nSPS) is 9.88. The fourth-order valence-electron chi connectivity index (χ4n) is 1.25. The number of hydrogen-bond donors (Lipinski definition) is 2. The summed E-state index contributed by atoms with van der Waals surface area (Å²) in [5.74, 6) is 1.43. The average molecular weight is 239 g/mol. The van der Waals surface area contributed by atoms with E-state index in [4.69, 9.17) is 4.74 Å². The van der Waals surface area contributed by atoms with Crippen LogP contribution >= 0.6 is 12.6 Å². The maximum atomic E-state index is 11.1. The zero-order valence-corrected chi connectivity index (χ0v) is 10.3. The van der Waals surface area contributed by atoms with Gasteiger partial charge in [-0.15, -0.1) is 0 Å². The van der Waals surface area contributed by atoms with Crippen LogP contribution in [0.3, 0.4) is 0 Å². The smallest absolute Gasteiger partial charge is 0.220 e. The Balaban J connectivity index is 2.18. The first-order valence-electron chi connectivity index (χ1n) is 5.29. The highest BCUT2D eigenvalue weighted by molar-refractivity contribution is 7.80. The van der Waals surface area contributed by atoms with Gasteiger partial charge in [-0.05, 0) is 30.4 Å². The summed E-state index contributed by atoms with van der Waals surface area (Å²) < 4.78 is 5.48. The van der Waals surface area contributed by atoms with Crippen LogP contribution in [-0.2, 0) is 4.79 Å². The van der Waals surface area contributed by atoms with Gasteiger partial charge in [-0.3, -0.25) is 4.79 Å². The second-order valence-corrected chi connectivity index (χ2v) is 3.94. The standard InChI is InChI=1S/C12H17NO2S/c1-10-3-2-4-11(9-10)15-7-6-13-12(14)5-8-16/h2-4,9,16H,5-8H2,1H3,(H,13,14). The number of ether oxygens (including phenoxy) is 1. The molecular formula is C12H17NO2S. The Morgan fingerprint density at radius 3 is 3.00 bits per heavy atom. The van der Waals surface area contributed by atoms with E-state index in [0.717, 1.165) is 11.3 Å². The lowest BCUT2D eigenvalue weighted by Gasteiger charge is -2.07. The summed E-state index contributed by atoms with van der Waals surface area (Å²) in [7, 11) is 0. The van der Waals surface area contributed by atoms with Crippen molar-refractivity contribution in [2.45, 2.75) is 13.3 Å². The van der Waals surface area contributed by atoms with E-state index in [1.54, 1.807) is 0 Å². The van der Waals surface area contributed by atoms with Crippen LogP contribution in [0.25, 0.3) is 0 Å². The Labute approximate surface area is 102 Å². The summed E-state index contributed by atoms with van der Waals surface area (Å²) in [6.45, 7) is 3.03. The molecule has 4 heteroatoms. The first kappa shape index (κ1) is 12.9. The van der Waals surface area contributed by atoms with Gasteiger partial charge in [0.1, 0.15) is 12.4 Å². The molecule has 1 amide bonds. The van der Waals surface area contributed by atoms with E-state index in [0.29, 0.717) is 25.3 Å². The van der Waals surface area contributed by atoms with Gasteiger partial charge in [0.2, 0.25) is 5.91 Å². The van der Waals surface area contributed by atoms with Gasteiger partial charge in [-0.25, -0.2) is 0 Å². The van der Waals surface area contributed by atoms with Crippen LogP contribution < -0.4 is 10.1 Å². The monoisotopic (exact) mass is 239 g/mol. The van der Waals surface area contributed by atoms with E-state index in [9.17, 15) is 4.79 Å². The van der Waals surface area contributed by atoms with Gasteiger partial charge >= 0.3 is 0 Å². The van der Waals surface area contributed by atoms with Crippen molar-refractivity contribution < 1.29 is 9.53 Å². The maximum absolute atomic E-state index is 11.1. The topological polar surface area (TPSA) is 38.3 Å². The predicted octanol–water partition coefficient (Wildman–Crippen LogP) is 1.81. The summed E-state index contributed by atoms with van der Waals surface area (Å²) >= 11 is 3.98. The number of nitrogens with one attached hydrogen (secondary N) is 1. The van der Waals surface area contributed by atoms with Crippen molar-refractivity contribution in [1.82, 2.24) is 5.32 Å². The molecule has 16 heavy (non-hydrogen) atoms. The van der Waals surface area contributed by atoms with E-state index in [1.165, 1.54) is 0 Å². The SMILES string of the molecule is Cc1cccc(OCCNC(=O)CCS)c1. The van der Waals surface area contributed by atoms with Crippen molar-refractivity contribution in [2.75, 3.05) is 18.9 Å². The number of hydrogen-bond acceptors (Lipinski definition) is 3. The molecule has 0 aliphatic carbocycles. The number of carbonyl (C=O) groups excluding carboxylic acids is 1. The lowest BCUT2D eigenvalue weighted by Crippen LogP contribution is -2.28. The van der Waals surface area contributed by atoms with E-state index in [-0.39, 0.29) is 5.91 Å². The third-order valence-corrected chi connectivity index (χ3v) is 2.24. The van der Waals surface area contributed by atoms with Gasteiger partial charge in [0.15, 0.2) is 0 Å². The molecule has 0 aromatic heterocycles. The van der Waals surface area contributed by atoms with E-state index in [2.05, 4.69) is 17.9 Å². The highest BCUT2D eigenvalue weighted by Crippen LogP contribution is 2.11. The molecule has 3 nitrogen and oxygen atoms in total. The third-order valence-electron chi connectivity index (χ3n) is 2.02. The zero-order chi connectivity index (χ0) is 11.8. The van der Waals surface area contributed by atoms with Gasteiger partial charge in [-0.2, -0.15) is 12.6 Å². The number of benzene rings is 1. The van der Waals surface area contributed by atoms with Crippen LogP contribution in [0.2, 0.25) is 0 Å². The molecule has 0 saturated heterocycles. The molecule has 0 atom stereocenters. The van der Waals surface area contributed by atoms with Crippen molar-refractivity contribution >= 4 is 18.5 Å². The molecule has 0 radical (unpaired) electrons. The van der Waals surface area contributed by atoms with E-state index >= 15 is 0 Å². The van der Waals surface area contributed by atoms with Crippen molar-refractivity contribution in [3.8, 4) is 5.75 Å². The van der Waals surface area contributed by atoms with Gasteiger partial charge in [0, 0.05) is 6.42 Å². The number of thiol groups is 1. The second-order valence-electron chi connectivity index (χ2n) is 3.49. The lowest BCUT2D eigenvalue weighted by molar-refractivity contribution is -0.120. The van der Waals surface area contributed by atoms with Crippen LogP contribution in [-0.4, -0.2) is 24.8 Å². The zero-order valence-electron chi connectivity index (χ0n) is 9.40.